The van der Waals surface area contributed by atoms with Gasteiger partial charge in [0.1, 0.15) is 5.75 Å². The Morgan fingerprint density at radius 3 is 2.85 bits per heavy atom. The van der Waals surface area contributed by atoms with E-state index in [1.165, 1.54) is 15.8 Å². The Labute approximate surface area is 89.1 Å². The molecule has 0 bridgehead atoms. The number of aryl methyl sites for hydroxylation is 1. The first kappa shape index (κ1) is 9.03. The number of benzene rings is 1. The SMILES string of the molecule is Cc1ccc(O)c2sc(CBr)cc12. The third-order valence-electron chi connectivity index (χ3n) is 2.06. The predicted molar refractivity (Wildman–Crippen MR) is 60.9 cm³/mol. The van der Waals surface area contributed by atoms with Gasteiger partial charge in [0.15, 0.2) is 0 Å². The lowest BCUT2D eigenvalue weighted by Gasteiger charge is -1.96. The molecule has 3 heteroatoms. The van der Waals surface area contributed by atoms with Gasteiger partial charge in [0, 0.05) is 10.2 Å². The molecule has 1 N–H and O–H groups in total. The summed E-state index contributed by atoms with van der Waals surface area (Å²) in [6.45, 7) is 2.06. The van der Waals surface area contributed by atoms with E-state index in [4.69, 9.17) is 0 Å². The molecule has 1 aromatic heterocycles. The fourth-order valence-electron chi connectivity index (χ4n) is 1.36. The van der Waals surface area contributed by atoms with E-state index in [2.05, 4.69) is 28.9 Å². The summed E-state index contributed by atoms with van der Waals surface area (Å²) in [6.07, 6.45) is 0. The van der Waals surface area contributed by atoms with Gasteiger partial charge in [-0.3, -0.25) is 0 Å². The molecule has 13 heavy (non-hydrogen) atoms. The van der Waals surface area contributed by atoms with Gasteiger partial charge in [-0.2, -0.15) is 0 Å². The molecule has 0 spiro atoms. The number of aromatic hydroxyl groups is 1. The van der Waals surface area contributed by atoms with E-state index in [0.717, 1.165) is 10.0 Å². The Balaban J connectivity index is 2.80. The summed E-state index contributed by atoms with van der Waals surface area (Å²) in [6, 6.07) is 5.83. The van der Waals surface area contributed by atoms with E-state index in [9.17, 15) is 5.11 Å². The molecule has 1 nitrogen and oxygen atoms in total. The van der Waals surface area contributed by atoms with Crippen LogP contribution in [-0.2, 0) is 5.33 Å². The van der Waals surface area contributed by atoms with Crippen LogP contribution in [0.5, 0.6) is 5.75 Å². The van der Waals surface area contributed by atoms with Gasteiger partial charge in [-0.1, -0.05) is 22.0 Å². The van der Waals surface area contributed by atoms with Gasteiger partial charge in [0.25, 0.3) is 0 Å². The highest BCUT2D eigenvalue weighted by molar-refractivity contribution is 9.08. The van der Waals surface area contributed by atoms with Crippen LogP contribution in [0.15, 0.2) is 18.2 Å². The summed E-state index contributed by atoms with van der Waals surface area (Å²) in [5, 5.41) is 11.6. The first-order valence-corrected chi connectivity index (χ1v) is 5.93. The topological polar surface area (TPSA) is 20.2 Å². The Morgan fingerprint density at radius 1 is 1.46 bits per heavy atom. The molecular formula is C10H9BrOS. The standard InChI is InChI=1S/C10H9BrOS/c1-6-2-3-9(12)10-8(6)4-7(5-11)13-10/h2-4,12H,5H2,1H3. The molecule has 2 aromatic rings. The second kappa shape index (κ2) is 3.31. The molecule has 0 aliphatic carbocycles. The zero-order valence-electron chi connectivity index (χ0n) is 7.17. The predicted octanol–water partition coefficient (Wildman–Crippen LogP) is 3.81. The molecule has 1 aromatic carbocycles. The van der Waals surface area contributed by atoms with E-state index in [0.29, 0.717) is 5.75 Å². The Hall–Kier alpha value is -0.540. The van der Waals surface area contributed by atoms with Gasteiger partial charge >= 0.3 is 0 Å². The van der Waals surface area contributed by atoms with Gasteiger partial charge < -0.3 is 5.11 Å². The van der Waals surface area contributed by atoms with Crippen molar-refractivity contribution < 1.29 is 5.11 Å². The smallest absolute Gasteiger partial charge is 0.133 e. The second-order valence-corrected chi connectivity index (χ2v) is 4.69. The van der Waals surface area contributed by atoms with Crippen molar-refractivity contribution in [2.45, 2.75) is 12.3 Å². The van der Waals surface area contributed by atoms with Gasteiger partial charge in [-0.25, -0.2) is 0 Å². The van der Waals surface area contributed by atoms with E-state index in [1.807, 2.05) is 6.07 Å². The summed E-state index contributed by atoms with van der Waals surface area (Å²) in [5.74, 6) is 0.387. The van der Waals surface area contributed by atoms with Crippen LogP contribution in [0.2, 0.25) is 0 Å². The van der Waals surface area contributed by atoms with Crippen molar-refractivity contribution in [1.82, 2.24) is 0 Å². The molecule has 0 saturated carbocycles. The van der Waals surface area contributed by atoms with Gasteiger partial charge in [-0.05, 0) is 30.0 Å². The van der Waals surface area contributed by atoms with Crippen LogP contribution in [0, 0.1) is 6.92 Å². The number of thiophene rings is 1. The van der Waals surface area contributed by atoms with Crippen LogP contribution >= 0.6 is 27.3 Å². The highest BCUT2D eigenvalue weighted by atomic mass is 79.9. The van der Waals surface area contributed by atoms with Crippen LogP contribution in [0.3, 0.4) is 0 Å². The Bertz CT molecular complexity index is 408. The minimum atomic E-state index is 0.387. The Kier molecular flexibility index (Phi) is 2.30. The zero-order valence-corrected chi connectivity index (χ0v) is 9.58. The molecule has 2 rings (SSSR count). The summed E-state index contributed by atoms with van der Waals surface area (Å²) in [7, 11) is 0. The van der Waals surface area contributed by atoms with Crippen LogP contribution in [0.25, 0.3) is 10.1 Å². The average Bonchev–Trinajstić information content (AvgIpc) is 2.56. The maximum absolute atomic E-state index is 9.60. The number of fused-ring (bicyclic) bond motifs is 1. The number of hydrogen-bond donors (Lipinski definition) is 1. The molecule has 0 unspecified atom stereocenters. The summed E-state index contributed by atoms with van der Waals surface area (Å²) in [5.41, 5.74) is 1.22. The van der Waals surface area contributed by atoms with E-state index >= 15 is 0 Å². The Morgan fingerprint density at radius 2 is 2.23 bits per heavy atom. The van der Waals surface area contributed by atoms with Gasteiger partial charge in [-0.15, -0.1) is 11.3 Å². The van der Waals surface area contributed by atoms with Crippen LogP contribution in [-0.4, -0.2) is 5.11 Å². The first-order valence-electron chi connectivity index (χ1n) is 3.99. The van der Waals surface area contributed by atoms with Crippen LogP contribution in [0.4, 0.5) is 0 Å². The molecule has 0 atom stereocenters. The number of halogens is 1. The van der Waals surface area contributed by atoms with Crippen LogP contribution < -0.4 is 0 Å². The maximum atomic E-state index is 9.60. The molecular weight excluding hydrogens is 248 g/mol. The number of phenolic OH excluding ortho intramolecular Hbond substituents is 1. The molecule has 0 fully saturated rings. The quantitative estimate of drug-likeness (QED) is 0.770. The minimum Gasteiger partial charge on any atom is -0.506 e. The van der Waals surface area contributed by atoms with Crippen molar-refractivity contribution in [2.75, 3.05) is 0 Å². The lowest BCUT2D eigenvalue weighted by atomic mass is 10.1. The molecule has 0 radical (unpaired) electrons. The number of hydrogen-bond acceptors (Lipinski definition) is 2. The van der Waals surface area contributed by atoms with E-state index < -0.39 is 0 Å². The average molecular weight is 257 g/mol. The van der Waals surface area contributed by atoms with Crippen molar-refractivity contribution in [1.29, 1.82) is 0 Å². The molecule has 0 aliphatic heterocycles. The third kappa shape index (κ3) is 1.46. The van der Waals surface area contributed by atoms with Crippen molar-refractivity contribution in [2.24, 2.45) is 0 Å². The molecule has 1 heterocycles. The lowest BCUT2D eigenvalue weighted by molar-refractivity contribution is 0.482. The molecule has 0 amide bonds. The fourth-order valence-corrected chi connectivity index (χ4v) is 2.86. The summed E-state index contributed by atoms with van der Waals surface area (Å²) >= 11 is 5.05. The molecule has 0 saturated heterocycles. The molecule has 0 aliphatic rings. The minimum absolute atomic E-state index is 0.387. The number of alkyl halides is 1. The number of rotatable bonds is 1. The highest BCUT2D eigenvalue weighted by Gasteiger charge is 2.06. The van der Waals surface area contributed by atoms with Crippen molar-refractivity contribution >= 4 is 37.4 Å². The second-order valence-electron chi connectivity index (χ2n) is 2.99. The molecule has 68 valence electrons. The fraction of sp³-hybridized carbons (Fsp3) is 0.200. The van der Waals surface area contributed by atoms with E-state index in [1.54, 1.807) is 17.4 Å². The van der Waals surface area contributed by atoms with Crippen molar-refractivity contribution in [3.63, 3.8) is 0 Å². The first-order chi connectivity index (χ1) is 6.22. The van der Waals surface area contributed by atoms with E-state index in [-0.39, 0.29) is 0 Å². The number of phenols is 1. The highest BCUT2D eigenvalue weighted by Crippen LogP contribution is 2.35. The maximum Gasteiger partial charge on any atom is 0.133 e. The van der Waals surface area contributed by atoms with Crippen molar-refractivity contribution in [3.05, 3.63) is 28.6 Å². The summed E-state index contributed by atoms with van der Waals surface area (Å²) in [4.78, 5) is 1.25. The largest absolute Gasteiger partial charge is 0.506 e. The third-order valence-corrected chi connectivity index (χ3v) is 4.20. The van der Waals surface area contributed by atoms with Crippen molar-refractivity contribution in [3.8, 4) is 5.75 Å². The normalized spacial score (nSPS) is 10.9. The van der Waals surface area contributed by atoms with Gasteiger partial charge in [0.2, 0.25) is 0 Å². The monoisotopic (exact) mass is 256 g/mol. The summed E-state index contributed by atoms with van der Waals surface area (Å²) < 4.78 is 0.995. The lowest BCUT2D eigenvalue weighted by Crippen LogP contribution is -1.72. The van der Waals surface area contributed by atoms with Gasteiger partial charge in [0.05, 0.1) is 4.70 Å². The van der Waals surface area contributed by atoms with Crippen LogP contribution in [0.1, 0.15) is 10.4 Å². The zero-order chi connectivity index (χ0) is 9.42.